The van der Waals surface area contributed by atoms with Crippen LogP contribution in [0.3, 0.4) is 0 Å². The maximum atomic E-state index is 12.5. The number of aromatic nitrogens is 2. The highest BCUT2D eigenvalue weighted by Gasteiger charge is 2.23. The lowest BCUT2D eigenvalue weighted by molar-refractivity contribution is -0.149. The molecule has 0 amide bonds. The molecule has 4 aromatic rings. The molecule has 0 saturated carbocycles. The summed E-state index contributed by atoms with van der Waals surface area (Å²) in [5, 5.41) is 9.11. The fourth-order valence-electron chi connectivity index (χ4n) is 4.38. The van der Waals surface area contributed by atoms with E-state index in [9.17, 15) is 9.59 Å². The van der Waals surface area contributed by atoms with Crippen LogP contribution in [0.5, 0.6) is 5.75 Å². The molecule has 214 valence electrons. The van der Waals surface area contributed by atoms with Crippen LogP contribution >= 0.6 is 0 Å². The zero-order valence-electron chi connectivity index (χ0n) is 23.7. The highest BCUT2D eigenvalue weighted by molar-refractivity contribution is 5.78. The summed E-state index contributed by atoms with van der Waals surface area (Å²) in [6.07, 6.45) is 2.12. The molecule has 0 bridgehead atoms. The topological polar surface area (TPSA) is 138 Å². The molecule has 1 unspecified atom stereocenters. The van der Waals surface area contributed by atoms with E-state index >= 15 is 0 Å². The van der Waals surface area contributed by atoms with Gasteiger partial charge in [-0.2, -0.15) is 0 Å². The first-order valence-electron chi connectivity index (χ1n) is 13.5. The molecule has 0 fully saturated rings. The van der Waals surface area contributed by atoms with E-state index in [4.69, 9.17) is 24.7 Å². The van der Waals surface area contributed by atoms with Crippen molar-refractivity contribution >= 4 is 11.9 Å². The van der Waals surface area contributed by atoms with Crippen LogP contribution in [0.1, 0.15) is 54.5 Å². The molecular formula is C32H35N3O6. The monoisotopic (exact) mass is 557 g/mol. The Bertz CT molecular complexity index is 1510. The molecule has 1 atom stereocenters. The van der Waals surface area contributed by atoms with Crippen LogP contribution < -0.4 is 10.5 Å². The second-order valence-corrected chi connectivity index (χ2v) is 10.1. The van der Waals surface area contributed by atoms with Gasteiger partial charge in [0.2, 0.25) is 5.89 Å². The van der Waals surface area contributed by atoms with E-state index in [0.717, 1.165) is 28.1 Å². The highest BCUT2D eigenvalue weighted by atomic mass is 16.5. The molecular weight excluding hydrogens is 522 g/mol. The number of carbonyl (C=O) groups excluding carboxylic acids is 1. The van der Waals surface area contributed by atoms with Crippen molar-refractivity contribution in [2.45, 2.75) is 59.1 Å². The molecule has 2 aromatic carbocycles. The number of hydrogen-bond acceptors (Lipinski definition) is 8. The van der Waals surface area contributed by atoms with Crippen LogP contribution in [0.4, 0.5) is 0 Å². The van der Waals surface area contributed by atoms with Gasteiger partial charge in [0.1, 0.15) is 17.6 Å². The smallest absolute Gasteiger partial charge is 0.327 e. The lowest BCUT2D eigenvalue weighted by Gasteiger charge is -2.18. The molecule has 0 saturated heterocycles. The van der Waals surface area contributed by atoms with Gasteiger partial charge in [-0.3, -0.25) is 9.78 Å². The molecule has 0 aliphatic carbocycles. The normalized spacial score (nSPS) is 11.9. The first-order valence-corrected chi connectivity index (χ1v) is 13.5. The number of oxazole rings is 1. The van der Waals surface area contributed by atoms with Gasteiger partial charge < -0.3 is 24.7 Å². The van der Waals surface area contributed by atoms with Crippen LogP contribution in [0.25, 0.3) is 22.7 Å². The van der Waals surface area contributed by atoms with Crippen molar-refractivity contribution in [3.63, 3.8) is 0 Å². The quantitative estimate of drug-likeness (QED) is 0.213. The van der Waals surface area contributed by atoms with Crippen molar-refractivity contribution in [3.8, 4) is 28.5 Å². The molecule has 2 heterocycles. The van der Waals surface area contributed by atoms with E-state index in [1.807, 2.05) is 50.2 Å². The third-order valence-electron chi connectivity index (χ3n) is 6.51. The average Bonchev–Trinajstić information content (AvgIpc) is 3.31. The molecule has 0 aliphatic rings. The predicted octanol–water partition coefficient (Wildman–Crippen LogP) is 5.61. The SMILES string of the molecule is Cc1ccnc(-c2ccc(-c3nc(CCOc4ccc(CCC(=O)O)c(C(N)C(=O)OC(C)C)c4)c(C)o3)cc2)c1. The lowest BCUT2D eigenvalue weighted by atomic mass is 9.97. The molecule has 9 nitrogen and oxygen atoms in total. The molecule has 2 aromatic heterocycles. The van der Waals surface area contributed by atoms with Crippen LogP contribution in [0.2, 0.25) is 0 Å². The third kappa shape index (κ3) is 7.79. The van der Waals surface area contributed by atoms with Gasteiger partial charge >= 0.3 is 11.9 Å². The summed E-state index contributed by atoms with van der Waals surface area (Å²) in [5.41, 5.74) is 12.1. The summed E-state index contributed by atoms with van der Waals surface area (Å²) in [6, 6.07) is 16.0. The van der Waals surface area contributed by atoms with Crippen molar-refractivity contribution in [1.82, 2.24) is 9.97 Å². The van der Waals surface area contributed by atoms with Crippen LogP contribution in [-0.2, 0) is 27.2 Å². The summed E-state index contributed by atoms with van der Waals surface area (Å²) >= 11 is 0. The van der Waals surface area contributed by atoms with E-state index in [0.29, 0.717) is 41.6 Å². The third-order valence-corrected chi connectivity index (χ3v) is 6.51. The zero-order valence-corrected chi connectivity index (χ0v) is 23.7. The lowest BCUT2D eigenvalue weighted by Crippen LogP contribution is -2.27. The number of benzene rings is 2. The van der Waals surface area contributed by atoms with Gasteiger partial charge in [-0.1, -0.05) is 18.2 Å². The Kier molecular flexibility index (Phi) is 9.52. The number of nitrogens with two attached hydrogens (primary N) is 1. The zero-order chi connectivity index (χ0) is 29.5. The Balaban J connectivity index is 1.43. The van der Waals surface area contributed by atoms with Crippen molar-refractivity contribution < 1.29 is 28.6 Å². The summed E-state index contributed by atoms with van der Waals surface area (Å²) in [6.45, 7) is 7.70. The van der Waals surface area contributed by atoms with Gasteiger partial charge in [0.25, 0.3) is 0 Å². The summed E-state index contributed by atoms with van der Waals surface area (Å²) < 4.78 is 17.2. The second-order valence-electron chi connectivity index (χ2n) is 10.1. The molecule has 41 heavy (non-hydrogen) atoms. The summed E-state index contributed by atoms with van der Waals surface area (Å²) in [4.78, 5) is 32.7. The van der Waals surface area contributed by atoms with Crippen molar-refractivity contribution in [2.24, 2.45) is 5.73 Å². The minimum atomic E-state index is -1.06. The number of carbonyl (C=O) groups is 2. The number of rotatable bonds is 12. The van der Waals surface area contributed by atoms with Gasteiger partial charge in [0.15, 0.2) is 0 Å². The standard InChI is InChI=1S/C32H35N3O6/c1-19(2)40-32(38)30(33)26-18-25(11-9-22(26)10-12-29(36)37)39-16-14-27-21(4)41-31(35-27)24-7-5-23(6-8-24)28-17-20(3)13-15-34-28/h5-9,11,13,15,17-19,30H,10,12,14,16,33H2,1-4H3,(H,36,37). The minimum Gasteiger partial charge on any atom is -0.493 e. The van der Waals surface area contributed by atoms with Gasteiger partial charge in [0, 0.05) is 30.2 Å². The minimum absolute atomic E-state index is 0.0849. The van der Waals surface area contributed by atoms with Crippen LogP contribution in [0, 0.1) is 13.8 Å². The first kappa shape index (κ1) is 29.5. The number of nitrogens with zero attached hydrogens (tertiary/aromatic N) is 2. The summed E-state index contributed by atoms with van der Waals surface area (Å²) in [7, 11) is 0. The Labute approximate surface area is 239 Å². The van der Waals surface area contributed by atoms with Crippen LogP contribution in [0.15, 0.2) is 65.2 Å². The molecule has 0 aliphatic heterocycles. The number of pyridine rings is 1. The predicted molar refractivity (Wildman–Crippen MR) is 154 cm³/mol. The maximum absolute atomic E-state index is 12.5. The van der Waals surface area contributed by atoms with E-state index in [1.165, 1.54) is 0 Å². The largest absolute Gasteiger partial charge is 0.493 e. The van der Waals surface area contributed by atoms with Gasteiger partial charge in [0.05, 0.1) is 24.1 Å². The van der Waals surface area contributed by atoms with Crippen molar-refractivity contribution in [1.29, 1.82) is 0 Å². The number of carboxylic acids is 1. The Hall–Kier alpha value is -4.50. The van der Waals surface area contributed by atoms with Crippen molar-refractivity contribution in [3.05, 3.63) is 88.9 Å². The fraction of sp³-hybridized carbons (Fsp3) is 0.312. The first-order chi connectivity index (χ1) is 19.6. The molecule has 0 spiro atoms. The van der Waals surface area contributed by atoms with E-state index in [2.05, 4.69) is 9.97 Å². The van der Waals surface area contributed by atoms with Gasteiger partial charge in [-0.15, -0.1) is 0 Å². The number of aliphatic carboxylic acids is 1. The Morgan fingerprint density at radius 1 is 1.00 bits per heavy atom. The molecule has 3 N–H and O–H groups in total. The maximum Gasteiger partial charge on any atom is 0.327 e. The number of aryl methyl sites for hydroxylation is 3. The number of ether oxygens (including phenoxy) is 2. The summed E-state index contributed by atoms with van der Waals surface area (Å²) in [5.74, 6) is 0.226. The number of esters is 1. The Morgan fingerprint density at radius 2 is 1.73 bits per heavy atom. The number of hydrogen-bond donors (Lipinski definition) is 2. The average molecular weight is 558 g/mol. The van der Waals surface area contributed by atoms with E-state index in [-0.39, 0.29) is 18.9 Å². The molecule has 4 rings (SSSR count). The van der Waals surface area contributed by atoms with Gasteiger partial charge in [-0.05, 0) is 87.2 Å². The highest BCUT2D eigenvalue weighted by Crippen LogP contribution is 2.27. The van der Waals surface area contributed by atoms with E-state index in [1.54, 1.807) is 38.2 Å². The van der Waals surface area contributed by atoms with Crippen molar-refractivity contribution in [2.75, 3.05) is 6.61 Å². The second kappa shape index (κ2) is 13.2. The fourth-order valence-corrected chi connectivity index (χ4v) is 4.38. The van der Waals surface area contributed by atoms with E-state index < -0.39 is 18.0 Å². The molecule has 9 heteroatoms. The molecule has 0 radical (unpaired) electrons. The van der Waals surface area contributed by atoms with Crippen LogP contribution in [-0.4, -0.2) is 39.7 Å². The Morgan fingerprint density at radius 3 is 2.41 bits per heavy atom. The van der Waals surface area contributed by atoms with Gasteiger partial charge in [-0.25, -0.2) is 9.78 Å². The number of carboxylic acid groups (broad SMARTS) is 1.